The summed E-state index contributed by atoms with van der Waals surface area (Å²) in [5.74, 6) is 0.841. The van der Waals surface area contributed by atoms with Crippen LogP contribution >= 0.6 is 23.6 Å². The Morgan fingerprint density at radius 2 is 2.33 bits per heavy atom. The summed E-state index contributed by atoms with van der Waals surface area (Å²) in [5, 5.41) is 6.76. The zero-order valence-electron chi connectivity index (χ0n) is 8.57. The van der Waals surface area contributed by atoms with Crippen LogP contribution in [0, 0.1) is 18.6 Å². The van der Waals surface area contributed by atoms with Gasteiger partial charge in [0.15, 0.2) is 0 Å². The van der Waals surface area contributed by atoms with Gasteiger partial charge in [-0.25, -0.2) is 4.68 Å². The van der Waals surface area contributed by atoms with Gasteiger partial charge in [-0.3, -0.25) is 5.10 Å². The van der Waals surface area contributed by atoms with Crippen LogP contribution in [0.1, 0.15) is 15.6 Å². The second kappa shape index (κ2) is 4.16. The predicted molar refractivity (Wildman–Crippen MR) is 64.3 cm³/mol. The zero-order valence-corrected chi connectivity index (χ0v) is 10.2. The molecule has 0 radical (unpaired) electrons. The number of rotatable bonds is 3. The number of nitrogens with one attached hydrogen (secondary N) is 2. The lowest BCUT2D eigenvalue weighted by molar-refractivity contribution is 0.799. The van der Waals surface area contributed by atoms with Crippen LogP contribution in [0.15, 0.2) is 12.1 Å². The van der Waals surface area contributed by atoms with Gasteiger partial charge in [0, 0.05) is 9.75 Å². The number of aromatic amines is 1. The maximum atomic E-state index is 5.08. The summed E-state index contributed by atoms with van der Waals surface area (Å²) < 4.78 is 2.38. The van der Waals surface area contributed by atoms with E-state index in [1.54, 1.807) is 16.0 Å². The summed E-state index contributed by atoms with van der Waals surface area (Å²) in [7, 11) is 0. The van der Waals surface area contributed by atoms with Crippen LogP contribution in [0.5, 0.6) is 0 Å². The Morgan fingerprint density at radius 3 is 2.87 bits per heavy atom. The topological polar surface area (TPSA) is 45.6 Å². The largest absolute Gasteiger partial charge is 0.317 e. The number of aromatic nitrogens is 3. The molecule has 0 fully saturated rings. The summed E-state index contributed by atoms with van der Waals surface area (Å²) in [4.78, 5) is 2.61. The molecule has 0 aliphatic heterocycles. The van der Waals surface area contributed by atoms with Crippen LogP contribution < -0.4 is 5.43 Å². The molecule has 0 amide bonds. The Balaban J connectivity index is 2.08. The molecule has 0 spiro atoms. The fourth-order valence-electron chi connectivity index (χ4n) is 1.30. The van der Waals surface area contributed by atoms with Crippen molar-refractivity contribution in [3.05, 3.63) is 32.5 Å². The number of hydrogen-bond acceptors (Lipinski definition) is 4. The van der Waals surface area contributed by atoms with E-state index in [2.05, 4.69) is 34.7 Å². The lowest BCUT2D eigenvalue weighted by Gasteiger charge is -2.05. The van der Waals surface area contributed by atoms with Crippen molar-refractivity contribution < 1.29 is 0 Å². The lowest BCUT2D eigenvalue weighted by atomic mass is 10.4. The van der Waals surface area contributed by atoms with E-state index >= 15 is 0 Å². The molecule has 80 valence electrons. The quantitative estimate of drug-likeness (QED) is 0.810. The van der Waals surface area contributed by atoms with Crippen LogP contribution in [0.3, 0.4) is 0 Å². The Hall–Kier alpha value is -1.14. The van der Waals surface area contributed by atoms with Gasteiger partial charge >= 0.3 is 0 Å². The molecule has 0 aromatic carbocycles. The Labute approximate surface area is 96.9 Å². The molecule has 0 unspecified atom stereocenters. The van der Waals surface area contributed by atoms with Gasteiger partial charge in [0.05, 0.1) is 6.54 Å². The molecule has 2 aromatic heterocycles. The molecule has 6 heteroatoms. The summed E-state index contributed by atoms with van der Waals surface area (Å²) in [6.07, 6.45) is 0. The SMILES string of the molecule is Cc1ccc(CNn2c(C)n[nH]c2=S)s1. The van der Waals surface area contributed by atoms with Crippen molar-refractivity contribution >= 4 is 23.6 Å². The first-order valence-corrected chi connectivity index (χ1v) is 5.82. The fraction of sp³-hybridized carbons (Fsp3) is 0.333. The van der Waals surface area contributed by atoms with E-state index in [4.69, 9.17) is 12.2 Å². The van der Waals surface area contributed by atoms with Crippen molar-refractivity contribution in [1.82, 2.24) is 14.9 Å². The molecule has 0 bridgehead atoms. The standard InChI is InChI=1S/C9H12N4S2/c1-6-3-4-8(15-6)5-10-13-7(2)11-12-9(13)14/h3-4,10H,5H2,1-2H3,(H,12,14). The number of nitrogens with zero attached hydrogens (tertiary/aromatic N) is 2. The molecule has 0 saturated carbocycles. The van der Waals surface area contributed by atoms with Gasteiger partial charge in [0.1, 0.15) is 5.82 Å². The Morgan fingerprint density at radius 1 is 1.53 bits per heavy atom. The highest BCUT2D eigenvalue weighted by molar-refractivity contribution is 7.71. The first-order chi connectivity index (χ1) is 7.16. The number of aryl methyl sites for hydroxylation is 2. The molecule has 0 saturated heterocycles. The van der Waals surface area contributed by atoms with Gasteiger partial charge < -0.3 is 5.43 Å². The number of hydrogen-bond donors (Lipinski definition) is 2. The van der Waals surface area contributed by atoms with E-state index in [0.717, 1.165) is 12.4 Å². The molecule has 0 aliphatic carbocycles. The molecule has 0 atom stereocenters. The predicted octanol–water partition coefficient (Wildman–Crippen LogP) is 2.36. The van der Waals surface area contributed by atoms with E-state index in [1.165, 1.54) is 9.75 Å². The van der Waals surface area contributed by atoms with E-state index < -0.39 is 0 Å². The summed E-state index contributed by atoms with van der Waals surface area (Å²) in [6.45, 7) is 4.77. The van der Waals surface area contributed by atoms with Crippen LogP contribution in [0.2, 0.25) is 0 Å². The highest BCUT2D eigenvalue weighted by Crippen LogP contribution is 2.14. The molecule has 0 aliphatic rings. The maximum Gasteiger partial charge on any atom is 0.214 e. The van der Waals surface area contributed by atoms with E-state index in [-0.39, 0.29) is 0 Å². The van der Waals surface area contributed by atoms with Crippen molar-refractivity contribution in [2.45, 2.75) is 20.4 Å². The lowest BCUT2D eigenvalue weighted by Crippen LogP contribution is -2.15. The summed E-state index contributed by atoms with van der Waals surface area (Å²) in [5.41, 5.74) is 3.22. The van der Waals surface area contributed by atoms with Crippen molar-refractivity contribution in [2.24, 2.45) is 0 Å². The third-order valence-corrected chi connectivity index (χ3v) is 3.32. The van der Waals surface area contributed by atoms with Crippen LogP contribution in [-0.2, 0) is 6.54 Å². The molecular weight excluding hydrogens is 228 g/mol. The molecular formula is C9H12N4S2. The molecule has 2 heterocycles. The van der Waals surface area contributed by atoms with Gasteiger partial charge in [-0.1, -0.05) is 0 Å². The Kier molecular flexibility index (Phi) is 2.88. The first kappa shape index (κ1) is 10.4. The molecule has 2 aromatic rings. The third kappa shape index (κ3) is 2.27. The first-order valence-electron chi connectivity index (χ1n) is 4.60. The molecule has 15 heavy (non-hydrogen) atoms. The number of thiophene rings is 1. The highest BCUT2D eigenvalue weighted by atomic mass is 32.1. The van der Waals surface area contributed by atoms with Crippen LogP contribution in [-0.4, -0.2) is 14.9 Å². The van der Waals surface area contributed by atoms with Gasteiger partial charge in [-0.15, -0.1) is 11.3 Å². The van der Waals surface area contributed by atoms with Crippen LogP contribution in [0.25, 0.3) is 0 Å². The minimum absolute atomic E-state index is 0.598. The molecule has 2 N–H and O–H groups in total. The zero-order chi connectivity index (χ0) is 10.8. The van der Waals surface area contributed by atoms with Gasteiger partial charge in [0.25, 0.3) is 0 Å². The van der Waals surface area contributed by atoms with Gasteiger partial charge in [-0.2, -0.15) is 5.10 Å². The average molecular weight is 240 g/mol. The normalized spacial score (nSPS) is 10.5. The monoisotopic (exact) mass is 240 g/mol. The van der Waals surface area contributed by atoms with E-state index in [1.807, 2.05) is 6.92 Å². The van der Waals surface area contributed by atoms with Gasteiger partial charge in [-0.05, 0) is 38.2 Å². The fourth-order valence-corrected chi connectivity index (χ4v) is 2.36. The highest BCUT2D eigenvalue weighted by Gasteiger charge is 2.01. The van der Waals surface area contributed by atoms with E-state index in [9.17, 15) is 0 Å². The third-order valence-electron chi connectivity index (χ3n) is 2.05. The van der Waals surface area contributed by atoms with Crippen molar-refractivity contribution in [3.8, 4) is 0 Å². The van der Waals surface area contributed by atoms with Gasteiger partial charge in [0.2, 0.25) is 4.77 Å². The van der Waals surface area contributed by atoms with Crippen LogP contribution in [0.4, 0.5) is 0 Å². The minimum atomic E-state index is 0.598. The smallest absolute Gasteiger partial charge is 0.214 e. The van der Waals surface area contributed by atoms with Crippen molar-refractivity contribution in [1.29, 1.82) is 0 Å². The Bertz CT molecular complexity index is 508. The summed E-state index contributed by atoms with van der Waals surface area (Å²) in [6, 6.07) is 4.23. The minimum Gasteiger partial charge on any atom is -0.317 e. The van der Waals surface area contributed by atoms with Crippen molar-refractivity contribution in [3.63, 3.8) is 0 Å². The second-order valence-electron chi connectivity index (χ2n) is 3.26. The molecule has 4 nitrogen and oxygen atoms in total. The van der Waals surface area contributed by atoms with E-state index in [0.29, 0.717) is 4.77 Å². The summed E-state index contributed by atoms with van der Waals surface area (Å²) >= 11 is 6.86. The maximum absolute atomic E-state index is 5.08. The van der Waals surface area contributed by atoms with Crippen molar-refractivity contribution in [2.75, 3.05) is 5.43 Å². The average Bonchev–Trinajstić information content (AvgIpc) is 2.73. The number of H-pyrrole nitrogens is 1. The molecule has 2 rings (SSSR count). The second-order valence-corrected chi connectivity index (χ2v) is 5.02.